The normalized spacial score (nSPS) is 10.9. The Hall–Kier alpha value is -2.82. The fourth-order valence-corrected chi connectivity index (χ4v) is 2.40. The molecule has 0 bridgehead atoms. The minimum atomic E-state index is -1.22. The molecule has 0 saturated carbocycles. The lowest BCUT2D eigenvalue weighted by molar-refractivity contribution is -0.160. The molecule has 0 aliphatic heterocycles. The van der Waals surface area contributed by atoms with Crippen LogP contribution in [0, 0.1) is 0 Å². The third-order valence-electron chi connectivity index (χ3n) is 3.46. The van der Waals surface area contributed by atoms with E-state index in [1.807, 2.05) is 48.5 Å². The lowest BCUT2D eigenvalue weighted by Crippen LogP contribution is -2.42. The SMILES string of the molecule is CC(C)OC(=O)C(Nc1cccc(-c2ccccc2)c1)C(=O)OC(C)C. The molecule has 0 unspecified atom stereocenters. The molecule has 1 N–H and O–H groups in total. The van der Waals surface area contributed by atoms with E-state index in [4.69, 9.17) is 9.47 Å². The predicted octanol–water partition coefficient (Wildman–Crippen LogP) is 4.04. The van der Waals surface area contributed by atoms with Gasteiger partial charge in [0.2, 0.25) is 6.04 Å². The van der Waals surface area contributed by atoms with Crippen LogP contribution in [0.25, 0.3) is 11.1 Å². The van der Waals surface area contributed by atoms with Gasteiger partial charge in [0.15, 0.2) is 0 Å². The average molecular weight is 355 g/mol. The van der Waals surface area contributed by atoms with E-state index in [-0.39, 0.29) is 12.2 Å². The number of hydrogen-bond acceptors (Lipinski definition) is 5. The highest BCUT2D eigenvalue weighted by Crippen LogP contribution is 2.23. The Balaban J connectivity index is 2.24. The molecule has 5 heteroatoms. The van der Waals surface area contributed by atoms with Gasteiger partial charge in [-0.05, 0) is 51.0 Å². The first-order chi connectivity index (χ1) is 12.4. The topological polar surface area (TPSA) is 64.6 Å². The molecule has 0 heterocycles. The van der Waals surface area contributed by atoms with Gasteiger partial charge in [-0.15, -0.1) is 0 Å². The van der Waals surface area contributed by atoms with Crippen LogP contribution in [-0.2, 0) is 19.1 Å². The minimum Gasteiger partial charge on any atom is -0.461 e. The summed E-state index contributed by atoms with van der Waals surface area (Å²) in [5.74, 6) is -1.31. The van der Waals surface area contributed by atoms with Crippen molar-refractivity contribution < 1.29 is 19.1 Å². The Morgan fingerprint density at radius 1 is 0.769 bits per heavy atom. The van der Waals surface area contributed by atoms with Crippen molar-refractivity contribution >= 4 is 17.6 Å². The van der Waals surface area contributed by atoms with Crippen molar-refractivity contribution in [3.63, 3.8) is 0 Å². The fraction of sp³-hybridized carbons (Fsp3) is 0.333. The van der Waals surface area contributed by atoms with Gasteiger partial charge in [0.05, 0.1) is 12.2 Å². The molecule has 2 aromatic carbocycles. The molecule has 0 spiro atoms. The lowest BCUT2D eigenvalue weighted by atomic mass is 10.1. The third kappa shape index (κ3) is 5.62. The zero-order chi connectivity index (χ0) is 19.1. The van der Waals surface area contributed by atoms with Gasteiger partial charge in [-0.25, -0.2) is 9.59 Å². The molecule has 2 aromatic rings. The van der Waals surface area contributed by atoms with Crippen molar-refractivity contribution in [2.24, 2.45) is 0 Å². The number of rotatable bonds is 7. The summed E-state index contributed by atoms with van der Waals surface area (Å²) in [6, 6.07) is 16.1. The Bertz CT molecular complexity index is 719. The Kier molecular flexibility index (Phi) is 6.78. The number of ether oxygens (including phenoxy) is 2. The lowest BCUT2D eigenvalue weighted by Gasteiger charge is -2.20. The number of carbonyl (C=O) groups excluding carboxylic acids is 2. The molecule has 0 amide bonds. The van der Waals surface area contributed by atoms with Gasteiger partial charge < -0.3 is 14.8 Å². The summed E-state index contributed by atoms with van der Waals surface area (Å²) in [7, 11) is 0. The van der Waals surface area contributed by atoms with Gasteiger partial charge in [-0.1, -0.05) is 42.5 Å². The first kappa shape index (κ1) is 19.5. The molecule has 0 atom stereocenters. The van der Waals surface area contributed by atoms with Gasteiger partial charge in [-0.3, -0.25) is 0 Å². The highest BCUT2D eigenvalue weighted by molar-refractivity contribution is 6.02. The van der Waals surface area contributed by atoms with E-state index in [1.54, 1.807) is 33.8 Å². The second kappa shape index (κ2) is 9.04. The molecule has 0 radical (unpaired) electrons. The summed E-state index contributed by atoms with van der Waals surface area (Å²) in [5, 5.41) is 2.95. The van der Waals surface area contributed by atoms with Crippen LogP contribution >= 0.6 is 0 Å². The maximum Gasteiger partial charge on any atom is 0.340 e. The van der Waals surface area contributed by atoms with Crippen molar-refractivity contribution in [3.05, 3.63) is 54.6 Å². The van der Waals surface area contributed by atoms with Crippen LogP contribution in [0.5, 0.6) is 0 Å². The quantitative estimate of drug-likeness (QED) is 0.600. The summed E-state index contributed by atoms with van der Waals surface area (Å²) >= 11 is 0. The summed E-state index contributed by atoms with van der Waals surface area (Å²) in [6.45, 7) is 6.94. The van der Waals surface area contributed by atoms with E-state index in [0.717, 1.165) is 11.1 Å². The van der Waals surface area contributed by atoms with Gasteiger partial charge in [-0.2, -0.15) is 0 Å². The number of esters is 2. The van der Waals surface area contributed by atoms with Crippen LogP contribution in [0.4, 0.5) is 5.69 Å². The Morgan fingerprint density at radius 2 is 1.31 bits per heavy atom. The van der Waals surface area contributed by atoms with Crippen molar-refractivity contribution in [1.29, 1.82) is 0 Å². The highest BCUT2D eigenvalue weighted by atomic mass is 16.6. The van der Waals surface area contributed by atoms with E-state index in [1.165, 1.54) is 0 Å². The van der Waals surface area contributed by atoms with Crippen LogP contribution in [0.2, 0.25) is 0 Å². The molecule has 5 nitrogen and oxygen atoms in total. The standard InChI is InChI=1S/C21H25NO4/c1-14(2)25-20(23)19(21(24)26-15(3)4)22-18-12-8-11-17(13-18)16-9-6-5-7-10-16/h5-15,19,22H,1-4H3. The molecule has 0 fully saturated rings. The molecule has 0 saturated heterocycles. The average Bonchev–Trinajstić information content (AvgIpc) is 2.59. The number of carbonyl (C=O) groups is 2. The zero-order valence-corrected chi connectivity index (χ0v) is 15.6. The summed E-state index contributed by atoms with van der Waals surface area (Å²) in [6.07, 6.45) is -0.649. The largest absolute Gasteiger partial charge is 0.461 e. The number of nitrogens with one attached hydrogen (secondary N) is 1. The van der Waals surface area contributed by atoms with Crippen LogP contribution in [0.3, 0.4) is 0 Å². The zero-order valence-electron chi connectivity index (χ0n) is 15.6. The van der Waals surface area contributed by atoms with Gasteiger partial charge in [0.25, 0.3) is 0 Å². The van der Waals surface area contributed by atoms with Crippen LogP contribution in [-0.4, -0.2) is 30.2 Å². The number of anilines is 1. The maximum atomic E-state index is 12.4. The molecule has 0 aliphatic rings. The van der Waals surface area contributed by atoms with Crippen molar-refractivity contribution in [3.8, 4) is 11.1 Å². The van der Waals surface area contributed by atoms with Crippen LogP contribution in [0.15, 0.2) is 54.6 Å². The molecule has 26 heavy (non-hydrogen) atoms. The first-order valence-corrected chi connectivity index (χ1v) is 8.70. The summed E-state index contributed by atoms with van der Waals surface area (Å²) in [5.41, 5.74) is 2.66. The van der Waals surface area contributed by atoms with Gasteiger partial charge in [0, 0.05) is 5.69 Å². The minimum absolute atomic E-state index is 0.325. The van der Waals surface area contributed by atoms with Crippen molar-refractivity contribution in [2.45, 2.75) is 45.9 Å². The van der Waals surface area contributed by atoms with Gasteiger partial charge >= 0.3 is 11.9 Å². The summed E-state index contributed by atoms with van der Waals surface area (Å²) < 4.78 is 10.4. The predicted molar refractivity (Wildman–Crippen MR) is 102 cm³/mol. The van der Waals surface area contributed by atoms with Crippen LogP contribution < -0.4 is 5.32 Å². The highest BCUT2D eigenvalue weighted by Gasteiger charge is 2.31. The van der Waals surface area contributed by atoms with E-state index in [0.29, 0.717) is 5.69 Å². The monoisotopic (exact) mass is 355 g/mol. The Labute approximate surface area is 154 Å². The van der Waals surface area contributed by atoms with Crippen molar-refractivity contribution in [2.75, 3.05) is 5.32 Å². The molecule has 0 aliphatic carbocycles. The molecule has 138 valence electrons. The van der Waals surface area contributed by atoms with Gasteiger partial charge in [0.1, 0.15) is 0 Å². The second-order valence-corrected chi connectivity index (χ2v) is 6.50. The van der Waals surface area contributed by atoms with Crippen molar-refractivity contribution in [1.82, 2.24) is 0 Å². The second-order valence-electron chi connectivity index (χ2n) is 6.50. The maximum absolute atomic E-state index is 12.4. The van der Waals surface area contributed by atoms with E-state index >= 15 is 0 Å². The Morgan fingerprint density at radius 3 is 1.85 bits per heavy atom. The molecule has 2 rings (SSSR count). The first-order valence-electron chi connectivity index (χ1n) is 8.70. The smallest absolute Gasteiger partial charge is 0.340 e. The van der Waals surface area contributed by atoms with E-state index < -0.39 is 18.0 Å². The number of benzene rings is 2. The fourth-order valence-electron chi connectivity index (χ4n) is 2.40. The number of hydrogen-bond donors (Lipinski definition) is 1. The van der Waals surface area contributed by atoms with E-state index in [9.17, 15) is 9.59 Å². The summed E-state index contributed by atoms with van der Waals surface area (Å²) in [4.78, 5) is 24.7. The van der Waals surface area contributed by atoms with Crippen LogP contribution in [0.1, 0.15) is 27.7 Å². The molecular formula is C21H25NO4. The molecular weight excluding hydrogens is 330 g/mol. The molecule has 0 aromatic heterocycles. The van der Waals surface area contributed by atoms with E-state index in [2.05, 4.69) is 5.32 Å². The third-order valence-corrected chi connectivity index (χ3v) is 3.46.